The molecule has 54 heavy (non-hydrogen) atoms. The maximum Gasteiger partial charge on any atom is 0.142 e. The summed E-state index contributed by atoms with van der Waals surface area (Å²) in [5.41, 5.74) is 9.45. The second-order valence-electron chi connectivity index (χ2n) is 12.7. The first-order chi connectivity index (χ1) is 26.6. The molecule has 0 N–H and O–H groups in total. The minimum Gasteiger partial charge on any atom is -0.311 e. The molecule has 0 atom stereocenters. The van der Waals surface area contributed by atoms with Gasteiger partial charge in [-0.2, -0.15) is 0 Å². The Bertz CT molecular complexity index is 2310. The average Bonchev–Trinajstić information content (AvgIpc) is 3.67. The van der Waals surface area contributed by atoms with Gasteiger partial charge >= 0.3 is 0 Å². The quantitative estimate of drug-likeness (QED) is 0.137. The first-order valence-corrected chi connectivity index (χ1v) is 18.5. The second kappa shape index (κ2) is 15.5. The van der Waals surface area contributed by atoms with Crippen molar-refractivity contribution in [2.45, 2.75) is 6.92 Å². The van der Waals surface area contributed by atoms with Crippen LogP contribution in [0, 0.1) is 23.5 Å². The summed E-state index contributed by atoms with van der Waals surface area (Å²) in [4.78, 5) is 6.20. The van der Waals surface area contributed by atoms with Crippen LogP contribution in [0.25, 0.3) is 32.0 Å². The summed E-state index contributed by atoms with van der Waals surface area (Å²) < 4.78 is 30.4. The molecule has 0 unspecified atom stereocenters. The van der Waals surface area contributed by atoms with Crippen molar-refractivity contribution < 1.29 is 8.78 Å². The Morgan fingerprint density at radius 1 is 0.426 bits per heavy atom. The van der Waals surface area contributed by atoms with Crippen LogP contribution in [0.15, 0.2) is 188 Å². The van der Waals surface area contributed by atoms with Crippen molar-refractivity contribution in [3.63, 3.8) is 0 Å². The van der Waals surface area contributed by atoms with Gasteiger partial charge in [0.05, 0.1) is 5.56 Å². The zero-order chi connectivity index (χ0) is 36.9. The van der Waals surface area contributed by atoms with Crippen LogP contribution in [-0.4, -0.2) is 0 Å². The van der Waals surface area contributed by atoms with Gasteiger partial charge in [-0.15, -0.1) is 17.3 Å². The van der Waals surface area contributed by atoms with Crippen molar-refractivity contribution in [2.24, 2.45) is 0 Å². The Hall–Kier alpha value is -6.74. The molecule has 0 aliphatic carbocycles. The molecule has 0 fully saturated rings. The van der Waals surface area contributed by atoms with E-state index in [1.165, 1.54) is 23.5 Å². The first kappa shape index (κ1) is 34.4. The lowest BCUT2D eigenvalue weighted by Gasteiger charge is -2.25. The lowest BCUT2D eigenvalue weighted by molar-refractivity contribution is 0.578. The molecule has 0 aliphatic rings. The third kappa shape index (κ3) is 7.04. The van der Waals surface area contributed by atoms with Crippen LogP contribution < -0.4 is 9.80 Å². The first-order valence-electron chi connectivity index (χ1n) is 17.6. The Kier molecular flexibility index (Phi) is 9.84. The maximum absolute atomic E-state index is 15.2. The van der Waals surface area contributed by atoms with Gasteiger partial charge in [0.25, 0.3) is 0 Å². The number of para-hydroxylation sites is 4. The Morgan fingerprint density at radius 3 is 1.19 bits per heavy atom. The second-order valence-corrected chi connectivity index (χ2v) is 13.7. The summed E-state index contributed by atoms with van der Waals surface area (Å²) in [6, 6.07) is 62.9. The van der Waals surface area contributed by atoms with Crippen LogP contribution >= 0.6 is 11.3 Å². The van der Waals surface area contributed by atoms with Crippen LogP contribution in [0.2, 0.25) is 0 Å². The van der Waals surface area contributed by atoms with E-state index in [9.17, 15) is 0 Å². The summed E-state index contributed by atoms with van der Waals surface area (Å²) in [7, 11) is 0. The summed E-state index contributed by atoms with van der Waals surface area (Å²) >= 11 is 1.52. The van der Waals surface area contributed by atoms with Crippen molar-refractivity contribution in [3.05, 3.63) is 205 Å². The van der Waals surface area contributed by atoms with E-state index in [0.29, 0.717) is 5.56 Å². The van der Waals surface area contributed by atoms with Gasteiger partial charge in [-0.25, -0.2) is 8.78 Å². The molecule has 7 aromatic carbocycles. The topological polar surface area (TPSA) is 6.48 Å². The molecule has 0 bridgehead atoms. The molecule has 5 heteroatoms. The third-order valence-corrected chi connectivity index (χ3v) is 10.4. The lowest BCUT2D eigenvalue weighted by atomic mass is 10.00. The fraction of sp³-hybridized carbons (Fsp3) is 0.0204. The molecule has 0 radical (unpaired) electrons. The van der Waals surface area contributed by atoms with Gasteiger partial charge in [-0.3, -0.25) is 0 Å². The highest BCUT2D eigenvalue weighted by Gasteiger charge is 2.20. The number of halogens is 2. The van der Waals surface area contributed by atoms with Gasteiger partial charge in [0, 0.05) is 49.4 Å². The van der Waals surface area contributed by atoms with Gasteiger partial charge < -0.3 is 9.80 Å². The smallest absolute Gasteiger partial charge is 0.142 e. The fourth-order valence-electron chi connectivity index (χ4n) is 6.68. The normalized spacial score (nSPS) is 10.7. The Balaban J connectivity index is 1.23. The van der Waals surface area contributed by atoms with Crippen LogP contribution in [0.5, 0.6) is 0 Å². The average molecular weight is 721 g/mol. The van der Waals surface area contributed by atoms with Crippen molar-refractivity contribution in [1.82, 2.24) is 0 Å². The minimum absolute atomic E-state index is 0.216. The number of nitrogens with zero attached hydrogens (tertiary/aromatic N) is 2. The number of hydrogen-bond donors (Lipinski definition) is 0. The molecule has 0 amide bonds. The molecule has 2 nitrogen and oxygen atoms in total. The van der Waals surface area contributed by atoms with Gasteiger partial charge in [0.15, 0.2) is 0 Å². The lowest BCUT2D eigenvalue weighted by Crippen LogP contribution is -2.09. The summed E-state index contributed by atoms with van der Waals surface area (Å²) in [6.45, 7) is 1.57. The predicted molar refractivity (Wildman–Crippen MR) is 222 cm³/mol. The molecule has 1 aromatic heterocycles. The molecular weight excluding hydrogens is 687 g/mol. The molecule has 260 valence electrons. The van der Waals surface area contributed by atoms with Crippen LogP contribution in [-0.2, 0) is 0 Å². The third-order valence-electron chi connectivity index (χ3n) is 9.19. The van der Waals surface area contributed by atoms with Gasteiger partial charge in [-0.05, 0) is 115 Å². The molecule has 8 rings (SSSR count). The molecule has 1 heterocycles. The minimum atomic E-state index is -0.673. The molecule has 8 aromatic rings. The largest absolute Gasteiger partial charge is 0.311 e. The van der Waals surface area contributed by atoms with Crippen LogP contribution in [0.3, 0.4) is 0 Å². The van der Waals surface area contributed by atoms with E-state index < -0.39 is 11.6 Å². The standard InChI is InChI=1S/C49H34F2N2S/c1-2-15-44-46(50)32-37(33-47(44)51)48-34-45(35-24-28-42(29-25-35)52(38-16-7-3-8-17-38)39-18-9-4-10-19-39)49(54-48)36-26-30-43(31-27-36)53(40-20-11-5-12-21-40)41-22-13-6-14-23-41/h3-14,16-34H,1H3. The van der Waals surface area contributed by atoms with Crippen molar-refractivity contribution in [1.29, 1.82) is 0 Å². The van der Waals surface area contributed by atoms with E-state index in [1.54, 1.807) is 6.92 Å². The van der Waals surface area contributed by atoms with E-state index in [1.807, 2.05) is 78.9 Å². The van der Waals surface area contributed by atoms with Crippen LogP contribution in [0.4, 0.5) is 42.9 Å². The number of thiophene rings is 1. The molecule has 0 spiro atoms. The molecule has 0 aliphatic heterocycles. The molecule has 0 saturated carbocycles. The maximum atomic E-state index is 15.2. The highest BCUT2D eigenvalue weighted by molar-refractivity contribution is 7.19. The predicted octanol–water partition coefficient (Wildman–Crippen LogP) is 14.3. The Labute approximate surface area is 318 Å². The van der Waals surface area contributed by atoms with E-state index in [2.05, 4.69) is 119 Å². The van der Waals surface area contributed by atoms with E-state index in [-0.39, 0.29) is 5.56 Å². The van der Waals surface area contributed by atoms with E-state index in [0.717, 1.165) is 60.6 Å². The monoisotopic (exact) mass is 720 g/mol. The summed E-state index contributed by atoms with van der Waals surface area (Å²) in [6.07, 6.45) is 0. The zero-order valence-electron chi connectivity index (χ0n) is 29.5. The van der Waals surface area contributed by atoms with Crippen molar-refractivity contribution in [3.8, 4) is 43.8 Å². The number of benzene rings is 7. The zero-order valence-corrected chi connectivity index (χ0v) is 30.3. The number of hydrogen-bond acceptors (Lipinski definition) is 3. The van der Waals surface area contributed by atoms with Crippen molar-refractivity contribution in [2.75, 3.05) is 9.80 Å². The van der Waals surface area contributed by atoms with Gasteiger partial charge in [0.2, 0.25) is 0 Å². The number of rotatable bonds is 9. The highest BCUT2D eigenvalue weighted by atomic mass is 32.1. The van der Waals surface area contributed by atoms with Crippen LogP contribution in [0.1, 0.15) is 12.5 Å². The Morgan fingerprint density at radius 2 is 0.796 bits per heavy atom. The fourth-order valence-corrected chi connectivity index (χ4v) is 7.85. The van der Waals surface area contributed by atoms with E-state index in [4.69, 9.17) is 0 Å². The van der Waals surface area contributed by atoms with Gasteiger partial charge in [-0.1, -0.05) is 103 Å². The number of anilines is 6. The molecule has 0 saturated heterocycles. The van der Waals surface area contributed by atoms with E-state index >= 15 is 8.78 Å². The van der Waals surface area contributed by atoms with Crippen molar-refractivity contribution >= 4 is 45.5 Å². The SMILES string of the molecule is CC#Cc1c(F)cc(-c2cc(-c3ccc(N(c4ccccc4)c4ccccc4)cc3)c(-c3ccc(N(c4ccccc4)c4ccccc4)cc3)s2)cc1F. The molecular formula is C49H34F2N2S. The van der Waals surface area contributed by atoms with Gasteiger partial charge in [0.1, 0.15) is 11.6 Å². The summed E-state index contributed by atoms with van der Waals surface area (Å²) in [5, 5.41) is 0. The highest BCUT2D eigenvalue weighted by Crippen LogP contribution is 2.46. The summed E-state index contributed by atoms with van der Waals surface area (Å²) in [5.74, 6) is 3.83.